The van der Waals surface area contributed by atoms with Crippen molar-refractivity contribution in [1.82, 2.24) is 19.8 Å². The molecule has 0 aliphatic carbocycles. The molecular weight excluding hydrogens is 567 g/mol. The SMILES string of the molecule is C=CC(=O)N1Cc2cc(Cl)ccc2[C@@H](c2ccncc2)C1.C=CC(=O)N1Cc2cc(Cl)ccc2[C@H](c2ccncc2)C1. The van der Waals surface area contributed by atoms with E-state index >= 15 is 0 Å². The largest absolute Gasteiger partial charge is 0.334 e. The average Bonchev–Trinajstić information content (AvgIpc) is 3.03. The number of halogens is 2. The van der Waals surface area contributed by atoms with Crippen LogP contribution in [0.15, 0.2) is 111 Å². The van der Waals surface area contributed by atoms with E-state index < -0.39 is 0 Å². The summed E-state index contributed by atoms with van der Waals surface area (Å²) in [7, 11) is 0. The minimum absolute atomic E-state index is 0.0559. The molecule has 2 aliphatic rings. The Hall–Kier alpha value is -4.26. The van der Waals surface area contributed by atoms with E-state index in [0.29, 0.717) is 36.2 Å². The van der Waals surface area contributed by atoms with Crippen molar-refractivity contribution < 1.29 is 9.59 Å². The van der Waals surface area contributed by atoms with Gasteiger partial charge in [0.1, 0.15) is 0 Å². The third kappa shape index (κ3) is 6.46. The van der Waals surface area contributed by atoms with Crippen LogP contribution in [0, 0.1) is 0 Å². The minimum Gasteiger partial charge on any atom is -0.334 e. The van der Waals surface area contributed by atoms with Gasteiger partial charge < -0.3 is 9.80 Å². The zero-order valence-corrected chi connectivity index (χ0v) is 24.5. The van der Waals surface area contributed by atoms with Crippen LogP contribution in [-0.2, 0) is 22.7 Å². The van der Waals surface area contributed by atoms with Gasteiger partial charge in [-0.1, -0.05) is 48.5 Å². The molecular formula is C34H30Cl2N4O2. The van der Waals surface area contributed by atoms with Gasteiger partial charge >= 0.3 is 0 Å². The van der Waals surface area contributed by atoms with Gasteiger partial charge in [0.05, 0.1) is 0 Å². The normalized spacial score (nSPS) is 17.2. The Morgan fingerprint density at radius 3 is 1.40 bits per heavy atom. The molecule has 0 N–H and O–H groups in total. The number of benzene rings is 2. The number of amides is 2. The summed E-state index contributed by atoms with van der Waals surface area (Å²) in [4.78, 5) is 35.7. The maximum absolute atomic E-state index is 12.0. The molecule has 2 amide bonds. The molecule has 6 nitrogen and oxygen atoms in total. The van der Waals surface area contributed by atoms with E-state index in [1.807, 2.05) is 48.5 Å². The summed E-state index contributed by atoms with van der Waals surface area (Å²) in [5, 5.41) is 1.38. The summed E-state index contributed by atoms with van der Waals surface area (Å²) in [6.07, 6.45) is 9.83. The number of rotatable bonds is 4. The number of nitrogens with zero attached hydrogens (tertiary/aromatic N) is 4. The molecule has 0 saturated heterocycles. The van der Waals surface area contributed by atoms with E-state index in [4.69, 9.17) is 23.2 Å². The van der Waals surface area contributed by atoms with Crippen LogP contribution < -0.4 is 0 Å². The van der Waals surface area contributed by atoms with Gasteiger partial charge in [-0.25, -0.2) is 0 Å². The molecule has 6 rings (SSSR count). The maximum Gasteiger partial charge on any atom is 0.246 e. The molecule has 2 aromatic carbocycles. The first-order valence-electron chi connectivity index (χ1n) is 13.6. The lowest BCUT2D eigenvalue weighted by Gasteiger charge is -2.34. The lowest BCUT2D eigenvalue weighted by atomic mass is 9.85. The summed E-state index contributed by atoms with van der Waals surface area (Å²) < 4.78 is 0. The molecule has 0 saturated carbocycles. The van der Waals surface area contributed by atoms with Crippen LogP contribution in [-0.4, -0.2) is 44.7 Å². The van der Waals surface area contributed by atoms with Gasteiger partial charge in [0.25, 0.3) is 0 Å². The Balaban J connectivity index is 0.000000168. The zero-order valence-electron chi connectivity index (χ0n) is 23.0. The fraction of sp³-hybridized carbons (Fsp3) is 0.176. The molecule has 2 aromatic heterocycles. The van der Waals surface area contributed by atoms with Crippen LogP contribution in [0.25, 0.3) is 0 Å². The topological polar surface area (TPSA) is 66.4 Å². The lowest BCUT2D eigenvalue weighted by molar-refractivity contribution is -0.127. The maximum atomic E-state index is 12.0. The van der Waals surface area contributed by atoms with Crippen LogP contribution in [0.3, 0.4) is 0 Å². The summed E-state index contributed by atoms with van der Waals surface area (Å²) in [6.45, 7) is 9.59. The van der Waals surface area contributed by atoms with Crippen molar-refractivity contribution in [3.8, 4) is 0 Å². The second-order valence-electron chi connectivity index (χ2n) is 10.2. The van der Waals surface area contributed by atoms with Crippen molar-refractivity contribution in [3.05, 3.63) is 154 Å². The minimum atomic E-state index is -0.0559. The van der Waals surface area contributed by atoms with Gasteiger partial charge in [-0.2, -0.15) is 0 Å². The number of aromatic nitrogens is 2. The van der Waals surface area contributed by atoms with Gasteiger partial charge in [-0.15, -0.1) is 0 Å². The van der Waals surface area contributed by atoms with E-state index in [1.54, 1.807) is 34.6 Å². The number of fused-ring (bicyclic) bond motifs is 2. The Morgan fingerprint density at radius 1 is 0.667 bits per heavy atom. The molecule has 2 aliphatic heterocycles. The first-order valence-corrected chi connectivity index (χ1v) is 14.3. The Labute approximate surface area is 255 Å². The van der Waals surface area contributed by atoms with Crippen LogP contribution >= 0.6 is 23.2 Å². The van der Waals surface area contributed by atoms with Gasteiger partial charge in [0.2, 0.25) is 11.8 Å². The van der Waals surface area contributed by atoms with Gasteiger partial charge in [0.15, 0.2) is 0 Å². The van der Waals surface area contributed by atoms with E-state index in [9.17, 15) is 9.59 Å². The van der Waals surface area contributed by atoms with Gasteiger partial charge in [-0.3, -0.25) is 19.6 Å². The van der Waals surface area contributed by atoms with E-state index in [1.165, 1.54) is 23.3 Å². The van der Waals surface area contributed by atoms with Crippen molar-refractivity contribution in [2.45, 2.75) is 24.9 Å². The number of carbonyl (C=O) groups is 2. The molecule has 8 heteroatoms. The molecule has 4 heterocycles. The Bertz CT molecular complexity index is 1490. The van der Waals surface area contributed by atoms with Crippen molar-refractivity contribution >= 4 is 35.0 Å². The van der Waals surface area contributed by atoms with E-state index in [2.05, 4.69) is 35.3 Å². The predicted octanol–water partition coefficient (Wildman–Crippen LogP) is 6.79. The number of carbonyl (C=O) groups excluding carboxylic acids is 2. The van der Waals surface area contributed by atoms with E-state index in [0.717, 1.165) is 22.3 Å². The molecule has 0 bridgehead atoms. The first kappa shape index (κ1) is 29.2. The highest BCUT2D eigenvalue weighted by molar-refractivity contribution is 6.31. The highest BCUT2D eigenvalue weighted by Gasteiger charge is 2.29. The zero-order chi connectivity index (χ0) is 29.6. The lowest BCUT2D eigenvalue weighted by Crippen LogP contribution is -2.37. The smallest absolute Gasteiger partial charge is 0.246 e. The second kappa shape index (κ2) is 13.1. The molecule has 42 heavy (non-hydrogen) atoms. The number of hydrogen-bond acceptors (Lipinski definition) is 4. The molecule has 0 unspecified atom stereocenters. The van der Waals surface area contributed by atoms with Crippen LogP contribution in [0.4, 0.5) is 0 Å². The Morgan fingerprint density at radius 2 is 1.05 bits per heavy atom. The standard InChI is InChI=1S/2C17H15ClN2O/c2*1-2-17(21)20-10-13-9-14(18)3-4-15(13)16(11-20)12-5-7-19-8-6-12/h2*2-9,16H,1,10-11H2/t2*16-/m10/s1. The van der Waals surface area contributed by atoms with E-state index in [-0.39, 0.29) is 23.7 Å². The summed E-state index contributed by atoms with van der Waals surface area (Å²) in [6, 6.07) is 19.8. The Kier molecular flexibility index (Phi) is 9.15. The van der Waals surface area contributed by atoms with Crippen molar-refractivity contribution in [2.24, 2.45) is 0 Å². The fourth-order valence-electron chi connectivity index (χ4n) is 5.64. The first-order chi connectivity index (χ1) is 20.4. The molecule has 0 fully saturated rings. The molecule has 2 atom stereocenters. The molecule has 4 aromatic rings. The summed E-state index contributed by atoms with van der Waals surface area (Å²) in [5.41, 5.74) is 6.92. The predicted molar refractivity (Wildman–Crippen MR) is 166 cm³/mol. The summed E-state index contributed by atoms with van der Waals surface area (Å²) >= 11 is 12.2. The molecule has 212 valence electrons. The fourth-order valence-corrected chi connectivity index (χ4v) is 6.03. The van der Waals surface area contributed by atoms with Gasteiger partial charge in [-0.05, 0) is 94.1 Å². The average molecular weight is 598 g/mol. The van der Waals surface area contributed by atoms with Crippen LogP contribution in [0.5, 0.6) is 0 Å². The third-order valence-corrected chi connectivity index (χ3v) is 8.15. The monoisotopic (exact) mass is 596 g/mol. The van der Waals surface area contributed by atoms with Gasteiger partial charge in [0, 0.05) is 72.8 Å². The summed E-state index contributed by atoms with van der Waals surface area (Å²) in [5.74, 6) is 0.162. The third-order valence-electron chi connectivity index (χ3n) is 7.68. The van der Waals surface area contributed by atoms with Crippen molar-refractivity contribution in [3.63, 3.8) is 0 Å². The number of hydrogen-bond donors (Lipinski definition) is 0. The van der Waals surface area contributed by atoms with Crippen molar-refractivity contribution in [2.75, 3.05) is 13.1 Å². The van der Waals surface area contributed by atoms with Crippen LogP contribution in [0.1, 0.15) is 45.2 Å². The quantitative estimate of drug-likeness (QED) is 0.243. The number of pyridine rings is 2. The second-order valence-corrected chi connectivity index (χ2v) is 11.1. The molecule has 0 spiro atoms. The highest BCUT2D eigenvalue weighted by Crippen LogP contribution is 2.36. The van der Waals surface area contributed by atoms with Crippen molar-refractivity contribution in [1.29, 1.82) is 0 Å². The molecule has 0 radical (unpaired) electrons. The van der Waals surface area contributed by atoms with Crippen LogP contribution in [0.2, 0.25) is 10.0 Å². The highest BCUT2D eigenvalue weighted by atomic mass is 35.5.